The summed E-state index contributed by atoms with van der Waals surface area (Å²) in [7, 11) is 0. The van der Waals surface area contributed by atoms with Gasteiger partial charge in [0.15, 0.2) is 11.6 Å². The third kappa shape index (κ3) is 2.64. The summed E-state index contributed by atoms with van der Waals surface area (Å²) in [5.74, 6) is -0.00960. The monoisotopic (exact) mass is 234 g/mol. The van der Waals surface area contributed by atoms with Gasteiger partial charge in [0, 0.05) is 18.3 Å². The molecule has 0 amide bonds. The lowest BCUT2D eigenvalue weighted by Crippen LogP contribution is -1.98. The average Bonchev–Trinajstić information content (AvgIpc) is 2.79. The molecular formula is C13H15FN2O. The Kier molecular flexibility index (Phi) is 3.42. The Morgan fingerprint density at radius 3 is 2.94 bits per heavy atom. The second kappa shape index (κ2) is 4.99. The normalized spacial score (nSPS) is 10.5. The molecule has 0 aliphatic carbocycles. The Hall–Kier alpha value is -1.84. The smallest absolute Gasteiger partial charge is 0.167 e. The number of nitrogens with zero attached hydrogens (tertiary/aromatic N) is 2. The van der Waals surface area contributed by atoms with Gasteiger partial charge in [0.25, 0.3) is 0 Å². The first-order valence-corrected chi connectivity index (χ1v) is 5.60. The first-order chi connectivity index (χ1) is 8.20. The maximum atomic E-state index is 13.6. The van der Waals surface area contributed by atoms with E-state index in [1.165, 1.54) is 0 Å². The van der Waals surface area contributed by atoms with Gasteiger partial charge in [-0.1, -0.05) is 12.1 Å². The fourth-order valence-corrected chi connectivity index (χ4v) is 1.55. The largest absolute Gasteiger partial charge is 0.486 e. The number of hydrogen-bond acceptors (Lipinski definition) is 2. The molecule has 4 heteroatoms. The molecule has 0 fully saturated rings. The number of aromatic nitrogens is 2. The van der Waals surface area contributed by atoms with Crippen molar-refractivity contribution in [3.8, 4) is 5.75 Å². The van der Waals surface area contributed by atoms with E-state index in [1.807, 2.05) is 17.8 Å². The highest BCUT2D eigenvalue weighted by molar-refractivity contribution is 5.30. The van der Waals surface area contributed by atoms with Crippen LogP contribution >= 0.6 is 0 Å². The predicted molar refractivity (Wildman–Crippen MR) is 63.4 cm³/mol. The molecule has 0 spiro atoms. The number of benzene rings is 1. The van der Waals surface area contributed by atoms with Gasteiger partial charge in [-0.25, -0.2) is 4.39 Å². The topological polar surface area (TPSA) is 27.1 Å². The molecule has 17 heavy (non-hydrogen) atoms. The third-order valence-corrected chi connectivity index (χ3v) is 2.56. The summed E-state index contributed by atoms with van der Waals surface area (Å²) in [6, 6.07) is 5.13. The summed E-state index contributed by atoms with van der Waals surface area (Å²) in [4.78, 5) is 0. The number of rotatable bonds is 4. The average molecular weight is 234 g/mol. The Balaban J connectivity index is 2.04. The van der Waals surface area contributed by atoms with E-state index in [0.717, 1.165) is 12.1 Å². The molecule has 0 bridgehead atoms. The van der Waals surface area contributed by atoms with Crippen LogP contribution in [-0.2, 0) is 13.2 Å². The van der Waals surface area contributed by atoms with E-state index in [1.54, 1.807) is 31.3 Å². The van der Waals surface area contributed by atoms with Crippen LogP contribution in [-0.4, -0.2) is 9.78 Å². The predicted octanol–water partition coefficient (Wildman–Crippen LogP) is 2.93. The highest BCUT2D eigenvalue weighted by atomic mass is 19.1. The van der Waals surface area contributed by atoms with Crippen molar-refractivity contribution < 1.29 is 9.13 Å². The van der Waals surface area contributed by atoms with Crippen LogP contribution in [0.15, 0.2) is 30.6 Å². The SMILES string of the molecule is CCn1cc(COc2cccc(C)c2F)cn1. The Bertz CT molecular complexity index is 508. The minimum Gasteiger partial charge on any atom is -0.486 e. The van der Waals surface area contributed by atoms with Crippen LogP contribution in [0.2, 0.25) is 0 Å². The minimum absolute atomic E-state index is 0.286. The molecule has 2 aromatic rings. The van der Waals surface area contributed by atoms with Gasteiger partial charge in [0.05, 0.1) is 6.20 Å². The molecule has 0 radical (unpaired) electrons. The second-order valence-electron chi connectivity index (χ2n) is 3.88. The molecule has 1 aromatic heterocycles. The van der Waals surface area contributed by atoms with Crippen LogP contribution in [0.3, 0.4) is 0 Å². The Morgan fingerprint density at radius 2 is 2.24 bits per heavy atom. The van der Waals surface area contributed by atoms with Crippen molar-refractivity contribution in [2.24, 2.45) is 0 Å². The Labute approximate surface area is 99.8 Å². The molecule has 90 valence electrons. The molecule has 0 saturated carbocycles. The highest BCUT2D eigenvalue weighted by Crippen LogP contribution is 2.20. The fraction of sp³-hybridized carbons (Fsp3) is 0.308. The minimum atomic E-state index is -0.296. The molecule has 0 aliphatic rings. The van der Waals surface area contributed by atoms with E-state index < -0.39 is 0 Å². The molecule has 0 saturated heterocycles. The van der Waals surface area contributed by atoms with Gasteiger partial charge < -0.3 is 4.74 Å². The van der Waals surface area contributed by atoms with Crippen molar-refractivity contribution in [2.75, 3.05) is 0 Å². The lowest BCUT2D eigenvalue weighted by molar-refractivity contribution is 0.289. The van der Waals surface area contributed by atoms with E-state index in [4.69, 9.17) is 4.74 Å². The van der Waals surface area contributed by atoms with Crippen molar-refractivity contribution in [1.29, 1.82) is 0 Å². The number of ether oxygens (including phenoxy) is 1. The number of hydrogen-bond donors (Lipinski definition) is 0. The zero-order chi connectivity index (χ0) is 12.3. The molecule has 0 N–H and O–H groups in total. The van der Waals surface area contributed by atoms with E-state index >= 15 is 0 Å². The molecule has 0 unspecified atom stereocenters. The molecular weight excluding hydrogens is 219 g/mol. The highest BCUT2D eigenvalue weighted by Gasteiger charge is 2.06. The summed E-state index contributed by atoms with van der Waals surface area (Å²) < 4.78 is 20.9. The maximum Gasteiger partial charge on any atom is 0.167 e. The van der Waals surface area contributed by atoms with Gasteiger partial charge in [0.1, 0.15) is 6.61 Å². The van der Waals surface area contributed by atoms with Gasteiger partial charge in [-0.05, 0) is 25.5 Å². The van der Waals surface area contributed by atoms with Crippen LogP contribution < -0.4 is 4.74 Å². The van der Waals surface area contributed by atoms with Gasteiger partial charge >= 0.3 is 0 Å². The molecule has 2 rings (SSSR count). The van der Waals surface area contributed by atoms with Crippen molar-refractivity contribution in [2.45, 2.75) is 27.0 Å². The van der Waals surface area contributed by atoms with Crippen LogP contribution in [0.5, 0.6) is 5.75 Å². The van der Waals surface area contributed by atoms with E-state index in [-0.39, 0.29) is 11.6 Å². The standard InChI is InChI=1S/C13H15FN2O/c1-3-16-8-11(7-15-16)9-17-12-6-4-5-10(2)13(12)14/h4-8H,3,9H2,1-2H3. The first kappa shape index (κ1) is 11.6. The fourth-order valence-electron chi connectivity index (χ4n) is 1.55. The van der Waals surface area contributed by atoms with Crippen molar-refractivity contribution in [1.82, 2.24) is 9.78 Å². The number of aryl methyl sites for hydroxylation is 2. The summed E-state index contributed by atoms with van der Waals surface area (Å²) in [5.41, 5.74) is 1.53. The number of halogens is 1. The van der Waals surface area contributed by atoms with E-state index in [2.05, 4.69) is 5.10 Å². The van der Waals surface area contributed by atoms with Crippen molar-refractivity contribution in [3.05, 3.63) is 47.5 Å². The van der Waals surface area contributed by atoms with Crippen LogP contribution in [0.1, 0.15) is 18.1 Å². The van der Waals surface area contributed by atoms with Gasteiger partial charge in [-0.15, -0.1) is 0 Å². The molecule has 3 nitrogen and oxygen atoms in total. The third-order valence-electron chi connectivity index (χ3n) is 2.56. The summed E-state index contributed by atoms with van der Waals surface area (Å²) in [6.45, 7) is 4.88. The lowest BCUT2D eigenvalue weighted by Gasteiger charge is -2.07. The van der Waals surface area contributed by atoms with Crippen molar-refractivity contribution in [3.63, 3.8) is 0 Å². The summed E-state index contributed by atoms with van der Waals surface area (Å²) in [5, 5.41) is 4.13. The van der Waals surface area contributed by atoms with Crippen LogP contribution in [0, 0.1) is 12.7 Å². The van der Waals surface area contributed by atoms with Crippen molar-refractivity contribution >= 4 is 0 Å². The van der Waals surface area contributed by atoms with E-state index in [9.17, 15) is 4.39 Å². The zero-order valence-electron chi connectivity index (χ0n) is 9.98. The van der Waals surface area contributed by atoms with Crippen LogP contribution in [0.25, 0.3) is 0 Å². The molecule has 1 aromatic carbocycles. The quantitative estimate of drug-likeness (QED) is 0.813. The van der Waals surface area contributed by atoms with Gasteiger partial charge in [-0.3, -0.25) is 4.68 Å². The molecule has 1 heterocycles. The van der Waals surface area contributed by atoms with E-state index in [0.29, 0.717) is 12.2 Å². The lowest BCUT2D eigenvalue weighted by atomic mass is 10.2. The maximum absolute atomic E-state index is 13.6. The zero-order valence-corrected chi connectivity index (χ0v) is 9.98. The van der Waals surface area contributed by atoms with Gasteiger partial charge in [0.2, 0.25) is 0 Å². The second-order valence-corrected chi connectivity index (χ2v) is 3.88. The first-order valence-electron chi connectivity index (χ1n) is 5.60. The molecule has 0 aliphatic heterocycles. The Morgan fingerprint density at radius 1 is 1.41 bits per heavy atom. The van der Waals surface area contributed by atoms with Crippen LogP contribution in [0.4, 0.5) is 4.39 Å². The summed E-state index contributed by atoms with van der Waals surface area (Å²) in [6.07, 6.45) is 3.63. The summed E-state index contributed by atoms with van der Waals surface area (Å²) >= 11 is 0. The van der Waals surface area contributed by atoms with Gasteiger partial charge in [-0.2, -0.15) is 5.10 Å². The molecule has 0 atom stereocenters.